The summed E-state index contributed by atoms with van der Waals surface area (Å²) in [6.45, 7) is 0. The highest BCUT2D eigenvalue weighted by Crippen LogP contribution is 2.27. The molecule has 0 spiro atoms. The van der Waals surface area contributed by atoms with Gasteiger partial charge in [-0.05, 0) is 29.8 Å². The summed E-state index contributed by atoms with van der Waals surface area (Å²) in [6, 6.07) is 13.2. The van der Waals surface area contributed by atoms with Crippen LogP contribution in [0.1, 0.15) is 17.5 Å². The van der Waals surface area contributed by atoms with Crippen LogP contribution < -0.4 is 5.32 Å². The van der Waals surface area contributed by atoms with Gasteiger partial charge < -0.3 is 10.4 Å². The first-order chi connectivity index (χ1) is 12.2. The van der Waals surface area contributed by atoms with Gasteiger partial charge in [0, 0.05) is 10.8 Å². The van der Waals surface area contributed by atoms with Gasteiger partial charge in [-0.25, -0.2) is 19.3 Å². The molecule has 5 nitrogen and oxygen atoms in total. The summed E-state index contributed by atoms with van der Waals surface area (Å²) in [7, 11) is 0. The number of fused-ring (bicyclic) bond motifs is 1. The lowest BCUT2D eigenvalue weighted by Gasteiger charge is -2.13. The van der Waals surface area contributed by atoms with E-state index in [-0.39, 0.29) is 11.6 Å². The second kappa shape index (κ2) is 6.54. The maximum Gasteiger partial charge on any atom is 0.164 e. The number of hydrogen-bond acceptors (Lipinski definition) is 6. The van der Waals surface area contributed by atoms with Crippen molar-refractivity contribution in [3.05, 3.63) is 76.6 Å². The van der Waals surface area contributed by atoms with Gasteiger partial charge in [0.15, 0.2) is 5.82 Å². The minimum Gasteiger partial charge on any atom is -0.380 e. The van der Waals surface area contributed by atoms with Gasteiger partial charge in [0.2, 0.25) is 0 Å². The number of nitrogens with one attached hydrogen (secondary N) is 1. The lowest BCUT2D eigenvalue weighted by Crippen LogP contribution is -2.08. The molecule has 7 heteroatoms. The van der Waals surface area contributed by atoms with E-state index in [1.807, 2.05) is 29.6 Å². The average Bonchev–Trinajstić information content (AvgIpc) is 3.15. The van der Waals surface area contributed by atoms with Crippen molar-refractivity contribution >= 4 is 33.9 Å². The zero-order valence-electron chi connectivity index (χ0n) is 12.9. The maximum atomic E-state index is 13.1. The van der Waals surface area contributed by atoms with Gasteiger partial charge in [0.1, 0.15) is 23.6 Å². The third kappa shape index (κ3) is 3.19. The number of para-hydroxylation sites is 1. The molecule has 0 unspecified atom stereocenters. The fourth-order valence-corrected chi connectivity index (χ4v) is 2.99. The second-order valence-electron chi connectivity index (χ2n) is 5.40. The highest BCUT2D eigenvalue weighted by molar-refractivity contribution is 7.07. The van der Waals surface area contributed by atoms with Crippen LogP contribution in [-0.4, -0.2) is 20.1 Å². The smallest absolute Gasteiger partial charge is 0.164 e. The lowest BCUT2D eigenvalue weighted by molar-refractivity contribution is 0.210. The van der Waals surface area contributed by atoms with E-state index in [1.165, 1.54) is 35.6 Å². The van der Waals surface area contributed by atoms with Crippen molar-refractivity contribution in [2.75, 3.05) is 5.32 Å². The van der Waals surface area contributed by atoms with E-state index < -0.39 is 6.10 Å². The van der Waals surface area contributed by atoms with Crippen molar-refractivity contribution in [1.29, 1.82) is 0 Å². The Balaban J connectivity index is 1.80. The molecule has 0 aliphatic rings. The van der Waals surface area contributed by atoms with Crippen molar-refractivity contribution in [2.45, 2.75) is 6.10 Å². The fraction of sp³-hybridized carbons (Fsp3) is 0.0556. The first-order valence-electron chi connectivity index (χ1n) is 7.56. The molecule has 2 heterocycles. The van der Waals surface area contributed by atoms with Gasteiger partial charge in [0.25, 0.3) is 0 Å². The first-order valence-corrected chi connectivity index (χ1v) is 8.50. The van der Waals surface area contributed by atoms with Gasteiger partial charge in [-0.3, -0.25) is 0 Å². The molecule has 0 aliphatic heterocycles. The summed E-state index contributed by atoms with van der Waals surface area (Å²) in [5, 5.41) is 16.5. The van der Waals surface area contributed by atoms with Crippen LogP contribution in [0.4, 0.5) is 16.0 Å². The van der Waals surface area contributed by atoms with Gasteiger partial charge >= 0.3 is 0 Å². The Morgan fingerprint density at radius 1 is 1.04 bits per heavy atom. The first kappa shape index (κ1) is 15.6. The molecular weight excluding hydrogens is 339 g/mol. The van der Waals surface area contributed by atoms with Crippen LogP contribution in [0.2, 0.25) is 0 Å². The van der Waals surface area contributed by atoms with Crippen LogP contribution in [0.15, 0.2) is 59.4 Å². The molecule has 4 aromatic rings. The van der Waals surface area contributed by atoms with Gasteiger partial charge in [-0.1, -0.05) is 24.3 Å². The van der Waals surface area contributed by atoms with Crippen LogP contribution in [0.5, 0.6) is 0 Å². The number of nitrogens with zero attached hydrogens (tertiary/aromatic N) is 3. The summed E-state index contributed by atoms with van der Waals surface area (Å²) in [5.41, 5.74) is 2.95. The van der Waals surface area contributed by atoms with Crippen molar-refractivity contribution in [2.24, 2.45) is 0 Å². The second-order valence-corrected chi connectivity index (χ2v) is 6.12. The van der Waals surface area contributed by atoms with E-state index in [4.69, 9.17) is 0 Å². The highest BCUT2D eigenvalue weighted by Gasteiger charge is 2.17. The fourth-order valence-electron chi connectivity index (χ4n) is 2.50. The number of rotatable bonds is 4. The van der Waals surface area contributed by atoms with Crippen molar-refractivity contribution < 1.29 is 9.50 Å². The van der Waals surface area contributed by atoms with Gasteiger partial charge in [0.05, 0.1) is 11.0 Å². The number of benzene rings is 2. The lowest BCUT2D eigenvalue weighted by atomic mass is 10.1. The predicted octanol–water partition coefficient (Wildman–Crippen LogP) is 4.05. The van der Waals surface area contributed by atoms with Gasteiger partial charge in [-0.2, -0.15) is 0 Å². The number of hydrogen-bond donors (Lipinski definition) is 2. The van der Waals surface area contributed by atoms with E-state index >= 15 is 0 Å². The number of aromatic nitrogens is 3. The van der Waals surface area contributed by atoms with E-state index in [1.54, 1.807) is 5.51 Å². The number of aliphatic hydroxyl groups is 1. The van der Waals surface area contributed by atoms with Crippen LogP contribution in [0, 0.1) is 5.82 Å². The Labute approximate surface area is 146 Å². The molecule has 0 radical (unpaired) electrons. The molecular formula is C18H13FN4OS. The minimum atomic E-state index is -1.05. The summed E-state index contributed by atoms with van der Waals surface area (Å²) in [4.78, 5) is 13.1. The normalized spacial score (nSPS) is 12.2. The highest BCUT2D eigenvalue weighted by atomic mass is 32.1. The predicted molar refractivity (Wildman–Crippen MR) is 95.4 cm³/mol. The Kier molecular flexibility index (Phi) is 4.09. The summed E-state index contributed by atoms with van der Waals surface area (Å²) < 4.78 is 13.1. The molecule has 4 rings (SSSR count). The zero-order valence-corrected chi connectivity index (χ0v) is 13.7. The molecule has 124 valence electrons. The number of aliphatic hydroxyl groups excluding tert-OH is 1. The Hall–Kier alpha value is -2.90. The van der Waals surface area contributed by atoms with Crippen LogP contribution in [0.25, 0.3) is 10.9 Å². The largest absolute Gasteiger partial charge is 0.380 e. The van der Waals surface area contributed by atoms with Gasteiger partial charge in [-0.15, -0.1) is 11.3 Å². The monoisotopic (exact) mass is 352 g/mol. The number of halogens is 1. The summed E-state index contributed by atoms with van der Waals surface area (Å²) in [5.74, 6) is 1.12. The van der Waals surface area contributed by atoms with E-state index in [2.05, 4.69) is 20.3 Å². The van der Waals surface area contributed by atoms with Crippen LogP contribution in [0.3, 0.4) is 0 Å². The maximum absolute atomic E-state index is 13.1. The van der Waals surface area contributed by atoms with Crippen LogP contribution >= 0.6 is 11.3 Å². The summed E-state index contributed by atoms with van der Waals surface area (Å²) in [6.07, 6.45) is -1.05. The standard InChI is InChI=1S/C18H13FN4OS/c19-12-7-5-11(6-8-12)16(24)18-21-14-4-2-1-3-13(14)17(23-18)22-15-9-25-10-20-15/h1-10,16,24H,(H,21,22,23)/t16-/m1/s1. The van der Waals surface area contributed by atoms with Crippen molar-refractivity contribution in [3.63, 3.8) is 0 Å². The molecule has 2 aromatic carbocycles. The number of thiazole rings is 1. The molecule has 0 aliphatic carbocycles. The Morgan fingerprint density at radius 2 is 1.84 bits per heavy atom. The third-order valence-electron chi connectivity index (χ3n) is 3.73. The van der Waals surface area contributed by atoms with E-state index in [9.17, 15) is 9.50 Å². The molecule has 0 bridgehead atoms. The quantitative estimate of drug-likeness (QED) is 0.580. The van der Waals surface area contributed by atoms with Crippen LogP contribution in [-0.2, 0) is 0 Å². The number of anilines is 2. The minimum absolute atomic E-state index is 0.239. The average molecular weight is 352 g/mol. The SMILES string of the molecule is O[C@H](c1ccc(F)cc1)c1nc(Nc2cscn2)c2ccccc2n1. The van der Waals surface area contributed by atoms with Crippen molar-refractivity contribution in [1.82, 2.24) is 15.0 Å². The zero-order chi connectivity index (χ0) is 17.2. The van der Waals surface area contributed by atoms with E-state index in [0.29, 0.717) is 22.7 Å². The molecule has 0 amide bonds. The summed E-state index contributed by atoms with van der Waals surface area (Å²) >= 11 is 1.47. The Bertz CT molecular complexity index is 1010. The molecule has 0 fully saturated rings. The van der Waals surface area contributed by atoms with Crippen molar-refractivity contribution in [3.8, 4) is 0 Å². The van der Waals surface area contributed by atoms with E-state index in [0.717, 1.165) is 5.39 Å². The Morgan fingerprint density at radius 3 is 2.60 bits per heavy atom. The molecule has 2 aromatic heterocycles. The third-order valence-corrected chi connectivity index (χ3v) is 4.32. The molecule has 1 atom stereocenters. The molecule has 0 saturated heterocycles. The molecule has 25 heavy (non-hydrogen) atoms. The molecule has 2 N–H and O–H groups in total. The molecule has 0 saturated carbocycles. The topological polar surface area (TPSA) is 70.9 Å².